The first-order valence-corrected chi connectivity index (χ1v) is 12.1. The summed E-state index contributed by atoms with van der Waals surface area (Å²) < 4.78 is 0. The second-order valence-corrected chi connectivity index (χ2v) is 9.17. The van der Waals surface area contributed by atoms with Gasteiger partial charge in [-0.25, -0.2) is 0 Å². The van der Waals surface area contributed by atoms with Crippen molar-refractivity contribution in [3.8, 4) is 0 Å². The normalized spacial score (nSPS) is 19.8. The summed E-state index contributed by atoms with van der Waals surface area (Å²) in [6.45, 7) is 0.469. The smallest absolute Gasteiger partial charge is 0.236 e. The molecule has 0 aliphatic carbocycles. The molecule has 2 atom stereocenters. The van der Waals surface area contributed by atoms with Crippen molar-refractivity contribution >= 4 is 29.1 Å². The molecule has 0 bridgehead atoms. The van der Waals surface area contributed by atoms with E-state index in [4.69, 9.17) is 11.6 Å². The summed E-state index contributed by atoms with van der Waals surface area (Å²) in [6, 6.07) is 27.0. The van der Waals surface area contributed by atoms with Gasteiger partial charge >= 0.3 is 0 Å². The number of likely N-dealkylation sites (tertiary alicyclic amines) is 1. The lowest BCUT2D eigenvalue weighted by molar-refractivity contribution is -0.146. The van der Waals surface area contributed by atoms with Crippen molar-refractivity contribution in [1.29, 1.82) is 0 Å². The predicted molar refractivity (Wildman–Crippen MR) is 138 cm³/mol. The van der Waals surface area contributed by atoms with E-state index in [1.54, 1.807) is 17.3 Å². The molecule has 0 unspecified atom stereocenters. The van der Waals surface area contributed by atoms with E-state index in [2.05, 4.69) is 0 Å². The van der Waals surface area contributed by atoms with Gasteiger partial charge in [0.15, 0.2) is 0 Å². The second-order valence-electron chi connectivity index (χ2n) is 8.74. The van der Waals surface area contributed by atoms with Gasteiger partial charge in [0.05, 0.1) is 12.0 Å². The number of hydrogen-bond donors (Lipinski definition) is 0. The van der Waals surface area contributed by atoms with Crippen LogP contribution in [0.15, 0.2) is 110 Å². The summed E-state index contributed by atoms with van der Waals surface area (Å²) in [5.41, 5.74) is 2.93. The van der Waals surface area contributed by atoms with Crippen LogP contribution < -0.4 is 4.90 Å². The highest BCUT2D eigenvalue weighted by Crippen LogP contribution is 2.39. The number of anilines is 1. The van der Waals surface area contributed by atoms with Crippen LogP contribution in [0.2, 0.25) is 5.02 Å². The van der Waals surface area contributed by atoms with E-state index in [0.717, 1.165) is 16.8 Å². The van der Waals surface area contributed by atoms with E-state index in [9.17, 15) is 9.59 Å². The molecule has 2 heterocycles. The quantitative estimate of drug-likeness (QED) is 0.439. The van der Waals surface area contributed by atoms with Gasteiger partial charge in [-0.1, -0.05) is 78.3 Å². The van der Waals surface area contributed by atoms with Gasteiger partial charge in [-0.2, -0.15) is 0 Å². The lowest BCUT2D eigenvalue weighted by Crippen LogP contribution is -2.47. The predicted octanol–water partition coefficient (Wildman–Crippen LogP) is 6.11. The molecule has 2 aliphatic rings. The Morgan fingerprint density at radius 1 is 0.857 bits per heavy atom. The SMILES string of the molecule is O=C([C@@H]1CCC(=O)N(Cc2ccccc2)[C@H]1c1ccccc1)N1C=CN(c2cccc(Cl)c2)C=C1. The molecule has 35 heavy (non-hydrogen) atoms. The van der Waals surface area contributed by atoms with Crippen LogP contribution >= 0.6 is 11.6 Å². The molecule has 1 fully saturated rings. The number of piperidine rings is 1. The number of amides is 2. The average molecular weight is 484 g/mol. The fourth-order valence-electron chi connectivity index (χ4n) is 4.77. The molecule has 1 saturated heterocycles. The van der Waals surface area contributed by atoms with Gasteiger partial charge in [-0.3, -0.25) is 14.5 Å². The summed E-state index contributed by atoms with van der Waals surface area (Å²) in [6.07, 6.45) is 8.08. The zero-order valence-electron chi connectivity index (χ0n) is 19.2. The lowest BCUT2D eigenvalue weighted by Gasteiger charge is -2.42. The minimum atomic E-state index is -0.356. The third-order valence-electron chi connectivity index (χ3n) is 6.50. The molecule has 0 radical (unpaired) electrons. The summed E-state index contributed by atoms with van der Waals surface area (Å²) in [5, 5.41) is 0.652. The van der Waals surface area contributed by atoms with E-state index < -0.39 is 0 Å². The topological polar surface area (TPSA) is 43.9 Å². The number of carbonyl (C=O) groups excluding carboxylic acids is 2. The first kappa shape index (κ1) is 22.9. The maximum atomic E-state index is 13.8. The van der Waals surface area contributed by atoms with Gasteiger partial charge in [0.1, 0.15) is 0 Å². The van der Waals surface area contributed by atoms with Gasteiger partial charge in [0.2, 0.25) is 11.8 Å². The Labute approximate surface area is 210 Å². The zero-order valence-corrected chi connectivity index (χ0v) is 20.0. The Morgan fingerprint density at radius 3 is 2.23 bits per heavy atom. The summed E-state index contributed by atoms with van der Waals surface area (Å²) in [4.78, 5) is 32.3. The number of benzene rings is 3. The number of rotatable bonds is 5. The van der Waals surface area contributed by atoms with Crippen molar-refractivity contribution in [2.75, 3.05) is 4.90 Å². The second kappa shape index (κ2) is 10.2. The molecule has 0 N–H and O–H groups in total. The van der Waals surface area contributed by atoms with Crippen LogP contribution in [-0.4, -0.2) is 21.6 Å². The van der Waals surface area contributed by atoms with Gasteiger partial charge in [-0.15, -0.1) is 0 Å². The number of carbonyl (C=O) groups is 2. The Bertz CT molecular complexity index is 1250. The number of nitrogens with zero attached hydrogens (tertiary/aromatic N) is 3. The zero-order chi connectivity index (χ0) is 24.2. The third kappa shape index (κ3) is 5.00. The van der Waals surface area contributed by atoms with Crippen LogP contribution in [0.25, 0.3) is 0 Å². The van der Waals surface area contributed by atoms with E-state index in [0.29, 0.717) is 24.4 Å². The maximum Gasteiger partial charge on any atom is 0.236 e. The van der Waals surface area contributed by atoms with Crippen molar-refractivity contribution in [2.24, 2.45) is 5.92 Å². The molecule has 0 spiro atoms. The van der Waals surface area contributed by atoms with Crippen molar-refractivity contribution in [1.82, 2.24) is 9.80 Å². The van der Waals surface area contributed by atoms with Crippen LogP contribution in [-0.2, 0) is 16.1 Å². The van der Waals surface area contributed by atoms with Crippen LogP contribution in [0, 0.1) is 5.92 Å². The van der Waals surface area contributed by atoms with Crippen molar-refractivity contribution in [3.05, 3.63) is 126 Å². The monoisotopic (exact) mass is 483 g/mol. The summed E-state index contributed by atoms with van der Waals surface area (Å²) >= 11 is 6.13. The summed E-state index contributed by atoms with van der Waals surface area (Å²) in [7, 11) is 0. The molecular formula is C29H26ClN3O2. The van der Waals surface area contributed by atoms with Crippen LogP contribution in [0.4, 0.5) is 5.69 Å². The van der Waals surface area contributed by atoms with E-state index in [1.807, 2.05) is 107 Å². The first-order valence-electron chi connectivity index (χ1n) is 11.7. The minimum absolute atomic E-state index is 0.0253. The van der Waals surface area contributed by atoms with Crippen LogP contribution in [0.5, 0.6) is 0 Å². The van der Waals surface area contributed by atoms with Gasteiger partial charge < -0.3 is 9.80 Å². The van der Waals surface area contributed by atoms with Crippen molar-refractivity contribution < 1.29 is 9.59 Å². The first-order chi connectivity index (χ1) is 17.1. The third-order valence-corrected chi connectivity index (χ3v) is 6.73. The number of hydrogen-bond acceptors (Lipinski definition) is 3. The Balaban J connectivity index is 1.41. The molecule has 2 amide bonds. The lowest BCUT2D eigenvalue weighted by atomic mass is 9.83. The molecule has 6 heteroatoms. The molecule has 0 saturated carbocycles. The average Bonchev–Trinajstić information content (AvgIpc) is 2.90. The van der Waals surface area contributed by atoms with Crippen LogP contribution in [0.3, 0.4) is 0 Å². The van der Waals surface area contributed by atoms with Crippen molar-refractivity contribution in [2.45, 2.75) is 25.4 Å². The molecule has 3 aromatic rings. The molecule has 5 rings (SSSR count). The fraction of sp³-hybridized carbons (Fsp3) is 0.172. The van der Waals surface area contributed by atoms with Crippen LogP contribution in [0.1, 0.15) is 30.0 Å². The molecule has 176 valence electrons. The Kier molecular flexibility index (Phi) is 6.68. The van der Waals surface area contributed by atoms with E-state index in [1.165, 1.54) is 0 Å². The standard InChI is InChI=1S/C29H26ClN3O2/c30-24-12-7-13-25(20-24)31-16-18-32(19-17-31)29(35)26-14-15-27(34)33(21-22-8-3-1-4-9-22)28(26)23-10-5-2-6-11-23/h1-13,16-20,26,28H,14-15,21H2/t26-,28+/m1/s1. The highest BCUT2D eigenvalue weighted by Gasteiger charge is 2.41. The summed E-state index contributed by atoms with van der Waals surface area (Å²) in [5.74, 6) is -0.308. The molecular weight excluding hydrogens is 458 g/mol. The highest BCUT2D eigenvalue weighted by atomic mass is 35.5. The fourth-order valence-corrected chi connectivity index (χ4v) is 4.96. The minimum Gasteiger partial charge on any atom is -0.331 e. The van der Waals surface area contributed by atoms with Gasteiger partial charge in [-0.05, 0) is 35.7 Å². The molecule has 3 aromatic carbocycles. The molecule has 0 aromatic heterocycles. The largest absolute Gasteiger partial charge is 0.331 e. The van der Waals surface area contributed by atoms with Gasteiger partial charge in [0.25, 0.3) is 0 Å². The Morgan fingerprint density at radius 2 is 1.54 bits per heavy atom. The Hall–Kier alpha value is -3.83. The van der Waals surface area contributed by atoms with Crippen molar-refractivity contribution in [3.63, 3.8) is 0 Å². The maximum absolute atomic E-state index is 13.8. The van der Waals surface area contributed by atoms with E-state index in [-0.39, 0.29) is 23.8 Å². The molecule has 2 aliphatic heterocycles. The van der Waals surface area contributed by atoms with E-state index >= 15 is 0 Å². The number of halogens is 1. The molecule has 5 nitrogen and oxygen atoms in total. The van der Waals surface area contributed by atoms with Gasteiger partial charge in [0, 0.05) is 48.5 Å². The highest BCUT2D eigenvalue weighted by molar-refractivity contribution is 6.30.